The summed E-state index contributed by atoms with van der Waals surface area (Å²) in [5, 5.41) is 13.3. The maximum Gasteiger partial charge on any atom is 0.305 e. The van der Waals surface area contributed by atoms with E-state index in [1.807, 2.05) is 0 Å². The Balaban J connectivity index is 2.06. The van der Waals surface area contributed by atoms with Crippen LogP contribution in [-0.2, 0) is 0 Å². The van der Waals surface area contributed by atoms with Crippen LogP contribution in [0.1, 0.15) is 36.5 Å². The molecule has 5 nitrogen and oxygen atoms in total. The van der Waals surface area contributed by atoms with Crippen LogP contribution in [0.4, 0.5) is 10.1 Å². The molecule has 0 atom stereocenters. The molecule has 1 saturated carbocycles. The third kappa shape index (κ3) is 2.89. The van der Waals surface area contributed by atoms with Gasteiger partial charge in [0.1, 0.15) is 0 Å². The van der Waals surface area contributed by atoms with Crippen molar-refractivity contribution in [1.29, 1.82) is 0 Å². The second-order valence-electron chi connectivity index (χ2n) is 5.27. The van der Waals surface area contributed by atoms with Crippen molar-refractivity contribution in [1.82, 2.24) is 5.32 Å². The predicted molar refractivity (Wildman–Crippen MR) is 67.3 cm³/mol. The largest absolute Gasteiger partial charge is 0.351 e. The van der Waals surface area contributed by atoms with E-state index in [1.54, 1.807) is 0 Å². The first-order chi connectivity index (χ1) is 8.91. The Morgan fingerprint density at radius 3 is 2.74 bits per heavy atom. The van der Waals surface area contributed by atoms with Crippen LogP contribution in [0.25, 0.3) is 0 Å². The summed E-state index contributed by atoms with van der Waals surface area (Å²) >= 11 is 0. The lowest BCUT2D eigenvalue weighted by Gasteiger charge is -2.38. The predicted octanol–water partition coefficient (Wildman–Crippen LogP) is 2.65. The zero-order chi connectivity index (χ0) is 14.0. The van der Waals surface area contributed by atoms with Gasteiger partial charge in [-0.1, -0.05) is 13.3 Å². The number of amides is 1. The fraction of sp³-hybridized carbons (Fsp3) is 0.462. The molecule has 6 heteroatoms. The molecule has 0 aliphatic heterocycles. The first-order valence-corrected chi connectivity index (χ1v) is 6.13. The number of nitro groups is 1. The normalized spacial score (nSPS) is 16.5. The SMILES string of the molecule is CC1(CNC(=O)c2ccc(F)c([N+](=O)[O-])c2)CCC1. The van der Waals surface area contributed by atoms with Crippen molar-refractivity contribution < 1.29 is 14.1 Å². The number of nitrogens with one attached hydrogen (secondary N) is 1. The lowest BCUT2D eigenvalue weighted by Crippen LogP contribution is -2.39. The Hall–Kier alpha value is -1.98. The lowest BCUT2D eigenvalue weighted by molar-refractivity contribution is -0.387. The Morgan fingerprint density at radius 1 is 1.53 bits per heavy atom. The third-order valence-electron chi connectivity index (χ3n) is 3.64. The average Bonchev–Trinajstić information content (AvgIpc) is 2.33. The molecule has 19 heavy (non-hydrogen) atoms. The molecular weight excluding hydrogens is 251 g/mol. The van der Waals surface area contributed by atoms with E-state index in [2.05, 4.69) is 12.2 Å². The summed E-state index contributed by atoms with van der Waals surface area (Å²) in [6.07, 6.45) is 3.29. The van der Waals surface area contributed by atoms with Gasteiger partial charge < -0.3 is 5.32 Å². The second kappa shape index (κ2) is 4.95. The van der Waals surface area contributed by atoms with E-state index in [0.29, 0.717) is 6.54 Å². The van der Waals surface area contributed by atoms with Crippen molar-refractivity contribution >= 4 is 11.6 Å². The maximum absolute atomic E-state index is 13.1. The number of hydrogen-bond acceptors (Lipinski definition) is 3. The third-order valence-corrected chi connectivity index (χ3v) is 3.64. The number of nitro benzene ring substituents is 1. The molecule has 1 aliphatic carbocycles. The number of nitrogens with zero attached hydrogens (tertiary/aromatic N) is 1. The van der Waals surface area contributed by atoms with Crippen molar-refractivity contribution in [2.24, 2.45) is 5.41 Å². The molecule has 0 aromatic heterocycles. The van der Waals surface area contributed by atoms with Gasteiger partial charge in [0.15, 0.2) is 0 Å². The zero-order valence-corrected chi connectivity index (χ0v) is 10.6. The Kier molecular flexibility index (Phi) is 3.50. The molecule has 1 aromatic rings. The van der Waals surface area contributed by atoms with Gasteiger partial charge in [-0.25, -0.2) is 0 Å². The minimum absolute atomic E-state index is 0.107. The van der Waals surface area contributed by atoms with Crippen LogP contribution in [0.2, 0.25) is 0 Å². The highest BCUT2D eigenvalue weighted by molar-refractivity contribution is 5.94. The molecule has 2 rings (SSSR count). The van der Waals surface area contributed by atoms with Gasteiger partial charge in [0.25, 0.3) is 5.91 Å². The van der Waals surface area contributed by atoms with Crippen molar-refractivity contribution in [3.8, 4) is 0 Å². The van der Waals surface area contributed by atoms with Gasteiger partial charge in [-0.2, -0.15) is 4.39 Å². The van der Waals surface area contributed by atoms with E-state index in [4.69, 9.17) is 0 Å². The molecule has 0 unspecified atom stereocenters. The quantitative estimate of drug-likeness (QED) is 0.672. The van der Waals surface area contributed by atoms with E-state index >= 15 is 0 Å². The molecule has 1 aromatic carbocycles. The monoisotopic (exact) mass is 266 g/mol. The van der Waals surface area contributed by atoms with Crippen LogP contribution >= 0.6 is 0 Å². The summed E-state index contributed by atoms with van der Waals surface area (Å²) in [7, 11) is 0. The molecule has 1 fully saturated rings. The van der Waals surface area contributed by atoms with Gasteiger partial charge in [-0.15, -0.1) is 0 Å². The lowest BCUT2D eigenvalue weighted by atomic mass is 9.70. The smallest absolute Gasteiger partial charge is 0.305 e. The highest BCUT2D eigenvalue weighted by atomic mass is 19.1. The van der Waals surface area contributed by atoms with Crippen molar-refractivity contribution in [2.75, 3.05) is 6.54 Å². The van der Waals surface area contributed by atoms with Gasteiger partial charge >= 0.3 is 5.69 Å². The van der Waals surface area contributed by atoms with Gasteiger partial charge in [-0.3, -0.25) is 14.9 Å². The minimum atomic E-state index is -0.937. The molecule has 1 amide bonds. The topological polar surface area (TPSA) is 72.2 Å². The molecule has 1 N–H and O–H groups in total. The number of rotatable bonds is 4. The summed E-state index contributed by atoms with van der Waals surface area (Å²) < 4.78 is 13.1. The number of halogens is 1. The van der Waals surface area contributed by atoms with Crippen LogP contribution in [-0.4, -0.2) is 17.4 Å². The van der Waals surface area contributed by atoms with Crippen molar-refractivity contribution in [2.45, 2.75) is 26.2 Å². The minimum Gasteiger partial charge on any atom is -0.351 e. The van der Waals surface area contributed by atoms with Crippen LogP contribution in [0.15, 0.2) is 18.2 Å². The molecule has 0 spiro atoms. The van der Waals surface area contributed by atoms with E-state index < -0.39 is 22.3 Å². The van der Waals surface area contributed by atoms with E-state index in [9.17, 15) is 19.3 Å². The number of hydrogen-bond donors (Lipinski definition) is 1. The van der Waals surface area contributed by atoms with Crippen molar-refractivity contribution in [3.05, 3.63) is 39.7 Å². The van der Waals surface area contributed by atoms with Gasteiger partial charge in [0.2, 0.25) is 5.82 Å². The Bertz CT molecular complexity index is 527. The number of carbonyl (C=O) groups is 1. The fourth-order valence-corrected chi connectivity index (χ4v) is 2.15. The molecule has 1 aliphatic rings. The summed E-state index contributed by atoms with van der Waals surface area (Å²) in [5.74, 6) is -1.34. The average molecular weight is 266 g/mol. The molecule has 0 radical (unpaired) electrons. The second-order valence-corrected chi connectivity index (χ2v) is 5.27. The van der Waals surface area contributed by atoms with Crippen LogP contribution in [0.3, 0.4) is 0 Å². The zero-order valence-electron chi connectivity index (χ0n) is 10.6. The van der Waals surface area contributed by atoms with E-state index in [1.165, 1.54) is 6.07 Å². The van der Waals surface area contributed by atoms with Crippen LogP contribution in [0, 0.1) is 21.3 Å². The summed E-state index contributed by atoms with van der Waals surface area (Å²) in [6, 6.07) is 3.16. The van der Waals surface area contributed by atoms with E-state index in [-0.39, 0.29) is 11.0 Å². The summed E-state index contributed by atoms with van der Waals surface area (Å²) in [6.45, 7) is 2.63. The van der Waals surface area contributed by atoms with Crippen molar-refractivity contribution in [3.63, 3.8) is 0 Å². The highest BCUT2D eigenvalue weighted by Crippen LogP contribution is 2.39. The fourth-order valence-electron chi connectivity index (χ4n) is 2.15. The first-order valence-electron chi connectivity index (χ1n) is 6.13. The molecule has 0 bridgehead atoms. The number of benzene rings is 1. The van der Waals surface area contributed by atoms with Gasteiger partial charge in [-0.05, 0) is 30.4 Å². The molecule has 0 saturated heterocycles. The van der Waals surface area contributed by atoms with Crippen LogP contribution < -0.4 is 5.32 Å². The first kappa shape index (κ1) is 13.5. The Labute approximate surface area is 110 Å². The van der Waals surface area contributed by atoms with Gasteiger partial charge in [0.05, 0.1) is 4.92 Å². The summed E-state index contributed by atoms with van der Waals surface area (Å²) in [4.78, 5) is 21.6. The molecule has 102 valence electrons. The number of carbonyl (C=O) groups excluding carboxylic acids is 1. The summed E-state index contributed by atoms with van der Waals surface area (Å²) in [5.41, 5.74) is -0.444. The van der Waals surface area contributed by atoms with Gasteiger partial charge in [0, 0.05) is 18.2 Å². The van der Waals surface area contributed by atoms with E-state index in [0.717, 1.165) is 31.4 Å². The van der Waals surface area contributed by atoms with Crippen LogP contribution in [0.5, 0.6) is 0 Å². The molecular formula is C13H15FN2O3. The standard InChI is InChI=1S/C13H15FN2O3/c1-13(5-2-6-13)8-15-12(17)9-3-4-10(14)11(7-9)16(18)19/h3-4,7H,2,5-6,8H2,1H3,(H,15,17). The maximum atomic E-state index is 13.1. The highest BCUT2D eigenvalue weighted by Gasteiger charge is 2.32. The Morgan fingerprint density at radius 2 is 2.21 bits per heavy atom. The molecule has 0 heterocycles.